The van der Waals surface area contributed by atoms with Crippen LogP contribution in [-0.4, -0.2) is 28.8 Å². The average molecular weight is 435 g/mol. The molecule has 1 aromatic heterocycles. The number of nitrogens with zero attached hydrogens (tertiary/aromatic N) is 3. The van der Waals surface area contributed by atoms with E-state index in [4.69, 9.17) is 0 Å². The topological polar surface area (TPSA) is 67.2 Å². The summed E-state index contributed by atoms with van der Waals surface area (Å²) in [5.74, 6) is 0.493. The van der Waals surface area contributed by atoms with Crippen molar-refractivity contribution in [2.75, 3.05) is 23.3 Å². The van der Waals surface area contributed by atoms with Crippen molar-refractivity contribution >= 4 is 17.4 Å². The van der Waals surface area contributed by atoms with Crippen molar-refractivity contribution in [3.63, 3.8) is 0 Å². The maximum atomic E-state index is 13.2. The lowest BCUT2D eigenvalue weighted by molar-refractivity contribution is -0.120. The third kappa shape index (κ3) is 4.88. The van der Waals surface area contributed by atoms with Gasteiger partial charge in [-0.2, -0.15) is 4.68 Å². The Morgan fingerprint density at radius 3 is 2.47 bits per heavy atom. The van der Waals surface area contributed by atoms with Crippen LogP contribution < -0.4 is 15.8 Å². The molecule has 1 amide bonds. The molecule has 2 aromatic carbocycles. The summed E-state index contributed by atoms with van der Waals surface area (Å²) in [4.78, 5) is 27.2. The molecule has 1 aliphatic rings. The molecule has 0 aliphatic carbocycles. The number of hydrogen-bond donors (Lipinski definition) is 1. The minimum atomic E-state index is -0.373. The molecule has 0 saturated carbocycles. The number of carbonyl (C=O) groups excluding carboxylic acids is 1. The summed E-state index contributed by atoms with van der Waals surface area (Å²) in [6, 6.07) is 16.7. The lowest BCUT2D eigenvalue weighted by Gasteiger charge is -2.33. The van der Waals surface area contributed by atoms with Crippen molar-refractivity contribution in [2.24, 2.45) is 5.92 Å². The van der Waals surface area contributed by atoms with Crippen molar-refractivity contribution in [3.05, 3.63) is 82.4 Å². The fourth-order valence-corrected chi connectivity index (χ4v) is 3.93. The van der Waals surface area contributed by atoms with E-state index in [1.165, 1.54) is 40.6 Å². The monoisotopic (exact) mass is 434 g/mol. The first kappa shape index (κ1) is 21.7. The van der Waals surface area contributed by atoms with Gasteiger partial charge in [0, 0.05) is 24.8 Å². The number of rotatable bonds is 5. The first-order valence-electron chi connectivity index (χ1n) is 10.9. The highest BCUT2D eigenvalue weighted by Crippen LogP contribution is 2.23. The van der Waals surface area contributed by atoms with Crippen molar-refractivity contribution in [2.45, 2.75) is 32.6 Å². The SMILES string of the molecule is CC(C)c1ccc(NC(=O)[C@H]2CCCN(c3ccc(=O)n(-c4ccc(F)cc4)n3)C2)cc1. The molecule has 4 rings (SSSR count). The summed E-state index contributed by atoms with van der Waals surface area (Å²) >= 11 is 0. The van der Waals surface area contributed by atoms with E-state index in [0.29, 0.717) is 24.0 Å². The van der Waals surface area contributed by atoms with Gasteiger partial charge in [-0.25, -0.2) is 4.39 Å². The van der Waals surface area contributed by atoms with Crippen LogP contribution in [0.5, 0.6) is 0 Å². The maximum absolute atomic E-state index is 13.2. The molecule has 3 aromatic rings. The minimum Gasteiger partial charge on any atom is -0.354 e. The zero-order chi connectivity index (χ0) is 22.7. The molecule has 0 bridgehead atoms. The van der Waals surface area contributed by atoms with Gasteiger partial charge in [0.2, 0.25) is 5.91 Å². The Bertz CT molecular complexity index is 1140. The number of anilines is 2. The van der Waals surface area contributed by atoms with Crippen LogP contribution in [0.2, 0.25) is 0 Å². The Kier molecular flexibility index (Phi) is 6.35. The van der Waals surface area contributed by atoms with Crippen LogP contribution in [0.15, 0.2) is 65.5 Å². The Morgan fingerprint density at radius 2 is 1.78 bits per heavy atom. The lowest BCUT2D eigenvalue weighted by Crippen LogP contribution is -2.41. The van der Waals surface area contributed by atoms with Crippen LogP contribution in [0.4, 0.5) is 15.9 Å². The van der Waals surface area contributed by atoms with Gasteiger partial charge in [0.1, 0.15) is 11.6 Å². The summed E-state index contributed by atoms with van der Waals surface area (Å²) in [5, 5.41) is 7.50. The van der Waals surface area contributed by atoms with E-state index in [9.17, 15) is 14.0 Å². The van der Waals surface area contributed by atoms with Crippen molar-refractivity contribution in [1.29, 1.82) is 0 Å². The van der Waals surface area contributed by atoms with Gasteiger partial charge in [0.25, 0.3) is 5.56 Å². The van der Waals surface area contributed by atoms with Crippen LogP contribution in [0.3, 0.4) is 0 Å². The zero-order valence-corrected chi connectivity index (χ0v) is 18.3. The summed E-state index contributed by atoms with van der Waals surface area (Å²) < 4.78 is 14.5. The van der Waals surface area contributed by atoms with E-state index >= 15 is 0 Å². The number of benzene rings is 2. The first-order valence-corrected chi connectivity index (χ1v) is 10.9. The molecule has 32 heavy (non-hydrogen) atoms. The third-order valence-corrected chi connectivity index (χ3v) is 5.82. The molecule has 166 valence electrons. The second kappa shape index (κ2) is 9.34. The van der Waals surface area contributed by atoms with E-state index in [-0.39, 0.29) is 23.2 Å². The van der Waals surface area contributed by atoms with Crippen molar-refractivity contribution < 1.29 is 9.18 Å². The van der Waals surface area contributed by atoms with Gasteiger partial charge in [-0.15, -0.1) is 5.10 Å². The maximum Gasteiger partial charge on any atom is 0.271 e. The number of carbonyl (C=O) groups is 1. The Morgan fingerprint density at radius 1 is 1.06 bits per heavy atom. The highest BCUT2D eigenvalue weighted by atomic mass is 19.1. The van der Waals surface area contributed by atoms with Gasteiger partial charge < -0.3 is 10.2 Å². The predicted octanol–water partition coefficient (Wildman–Crippen LogP) is 4.35. The zero-order valence-electron chi connectivity index (χ0n) is 18.3. The molecule has 1 atom stereocenters. The molecule has 1 fully saturated rings. The van der Waals surface area contributed by atoms with Gasteiger partial charge in [-0.1, -0.05) is 26.0 Å². The fraction of sp³-hybridized carbons (Fsp3) is 0.320. The standard InChI is InChI=1S/C25H27FN4O2/c1-17(2)18-5-9-21(10-6-18)27-25(32)19-4-3-15-29(16-19)23-13-14-24(31)30(28-23)22-11-7-20(26)8-12-22/h5-14,17,19H,3-4,15-16H2,1-2H3,(H,27,32)/t19-/m0/s1. The number of aromatic nitrogens is 2. The minimum absolute atomic E-state index is 0.0150. The highest BCUT2D eigenvalue weighted by molar-refractivity contribution is 5.93. The van der Waals surface area contributed by atoms with E-state index in [1.807, 2.05) is 29.2 Å². The molecule has 1 aliphatic heterocycles. The summed E-state index contributed by atoms with van der Waals surface area (Å²) in [6.45, 7) is 5.54. The molecule has 1 N–H and O–H groups in total. The quantitative estimate of drug-likeness (QED) is 0.648. The van der Waals surface area contributed by atoms with Crippen LogP contribution in [0.25, 0.3) is 5.69 Å². The molecule has 0 unspecified atom stereocenters. The normalized spacial score (nSPS) is 16.2. The van der Waals surface area contributed by atoms with Gasteiger partial charge in [-0.05, 0) is 66.8 Å². The third-order valence-electron chi connectivity index (χ3n) is 5.82. The smallest absolute Gasteiger partial charge is 0.271 e. The number of halogens is 1. The van der Waals surface area contributed by atoms with E-state index in [0.717, 1.165) is 25.1 Å². The van der Waals surface area contributed by atoms with Gasteiger partial charge in [-0.3, -0.25) is 9.59 Å². The van der Waals surface area contributed by atoms with Crippen LogP contribution >= 0.6 is 0 Å². The Balaban J connectivity index is 1.47. The largest absolute Gasteiger partial charge is 0.354 e. The molecular weight excluding hydrogens is 407 g/mol. The average Bonchev–Trinajstić information content (AvgIpc) is 2.80. The lowest BCUT2D eigenvalue weighted by atomic mass is 9.97. The van der Waals surface area contributed by atoms with E-state index in [2.05, 4.69) is 24.3 Å². The second-order valence-corrected chi connectivity index (χ2v) is 8.47. The molecule has 0 spiro atoms. The molecule has 7 heteroatoms. The number of amides is 1. The molecule has 6 nitrogen and oxygen atoms in total. The molecule has 0 radical (unpaired) electrons. The van der Waals surface area contributed by atoms with Crippen LogP contribution in [-0.2, 0) is 4.79 Å². The summed E-state index contributed by atoms with van der Waals surface area (Å²) in [5.41, 5.74) is 2.22. The van der Waals surface area contributed by atoms with E-state index in [1.54, 1.807) is 6.07 Å². The van der Waals surface area contributed by atoms with Gasteiger partial charge in [0.15, 0.2) is 0 Å². The van der Waals surface area contributed by atoms with Crippen molar-refractivity contribution in [1.82, 2.24) is 9.78 Å². The summed E-state index contributed by atoms with van der Waals surface area (Å²) in [7, 11) is 0. The fourth-order valence-electron chi connectivity index (χ4n) is 3.93. The Labute approximate surface area is 186 Å². The van der Waals surface area contributed by atoms with Gasteiger partial charge in [0.05, 0.1) is 11.6 Å². The number of piperidine rings is 1. The first-order chi connectivity index (χ1) is 15.4. The molecular formula is C25H27FN4O2. The summed E-state index contributed by atoms with van der Waals surface area (Å²) in [6.07, 6.45) is 1.64. The molecule has 1 saturated heterocycles. The van der Waals surface area contributed by atoms with Crippen LogP contribution in [0.1, 0.15) is 38.2 Å². The second-order valence-electron chi connectivity index (χ2n) is 8.47. The van der Waals surface area contributed by atoms with Crippen molar-refractivity contribution in [3.8, 4) is 5.69 Å². The molecule has 2 heterocycles. The van der Waals surface area contributed by atoms with Gasteiger partial charge >= 0.3 is 0 Å². The number of hydrogen-bond acceptors (Lipinski definition) is 4. The van der Waals surface area contributed by atoms with Crippen LogP contribution in [0, 0.1) is 11.7 Å². The predicted molar refractivity (Wildman–Crippen MR) is 124 cm³/mol. The van der Waals surface area contributed by atoms with E-state index < -0.39 is 0 Å². The highest BCUT2D eigenvalue weighted by Gasteiger charge is 2.27. The number of nitrogens with one attached hydrogen (secondary N) is 1. The Hall–Kier alpha value is -3.48.